The molecule has 86 valence electrons. The molecule has 0 aliphatic rings. The molecule has 1 unspecified atom stereocenters. The second-order valence-corrected chi connectivity index (χ2v) is 3.89. The highest BCUT2D eigenvalue weighted by atomic mass is 32.2. The van der Waals surface area contributed by atoms with Gasteiger partial charge < -0.3 is 10.6 Å². The summed E-state index contributed by atoms with van der Waals surface area (Å²) in [6.45, 7) is 5.59. The topological polar surface area (TPSA) is 58.2 Å². The maximum absolute atomic E-state index is 11.3. The Morgan fingerprint density at radius 2 is 2.13 bits per heavy atom. The van der Waals surface area contributed by atoms with Gasteiger partial charge in [0.25, 0.3) is 0 Å². The molecule has 0 heterocycles. The number of hydrogen-bond acceptors (Lipinski definition) is 3. The highest BCUT2D eigenvalue weighted by molar-refractivity contribution is 7.99. The fourth-order valence-corrected chi connectivity index (χ4v) is 1.31. The lowest BCUT2D eigenvalue weighted by Gasteiger charge is -2.12. The van der Waals surface area contributed by atoms with Crippen LogP contribution in [0.5, 0.6) is 0 Å². The third-order valence-corrected chi connectivity index (χ3v) is 2.34. The third-order valence-electron chi connectivity index (χ3n) is 1.79. The Labute approximate surface area is 94.9 Å². The molecule has 0 bridgehead atoms. The average Bonchev–Trinajstić information content (AvgIpc) is 2.23. The van der Waals surface area contributed by atoms with Crippen LogP contribution >= 0.6 is 11.8 Å². The molecule has 0 spiro atoms. The van der Waals surface area contributed by atoms with Gasteiger partial charge in [-0.25, -0.2) is 0 Å². The molecule has 0 fully saturated rings. The molecule has 0 saturated heterocycles. The minimum atomic E-state index is -0.184. The zero-order chi connectivity index (χ0) is 11.7. The fraction of sp³-hybridized carbons (Fsp3) is 0.600. The number of nitrogens with one attached hydrogen (secondary N) is 2. The molecule has 15 heavy (non-hydrogen) atoms. The molecule has 0 rings (SSSR count). The highest BCUT2D eigenvalue weighted by Gasteiger charge is 2.07. The molecule has 1 atom stereocenters. The van der Waals surface area contributed by atoms with Crippen LogP contribution in [0, 0.1) is 0 Å². The molecule has 0 aromatic heterocycles. The van der Waals surface area contributed by atoms with Crippen LogP contribution in [-0.2, 0) is 9.59 Å². The number of rotatable bonds is 7. The maximum atomic E-state index is 11.3. The quantitative estimate of drug-likeness (QED) is 0.628. The first-order chi connectivity index (χ1) is 7.13. The first-order valence-corrected chi connectivity index (χ1v) is 6.21. The molecule has 0 radical (unpaired) electrons. The van der Waals surface area contributed by atoms with Gasteiger partial charge in [0.1, 0.15) is 0 Å². The molecule has 0 aliphatic carbocycles. The Hall–Kier alpha value is -0.970. The van der Waals surface area contributed by atoms with Gasteiger partial charge >= 0.3 is 0 Å². The van der Waals surface area contributed by atoms with Crippen LogP contribution in [0.25, 0.3) is 0 Å². The fourth-order valence-electron chi connectivity index (χ4n) is 0.946. The summed E-state index contributed by atoms with van der Waals surface area (Å²) in [5.74, 6) is 0.0758. The first-order valence-electron chi connectivity index (χ1n) is 4.81. The van der Waals surface area contributed by atoms with Gasteiger partial charge in [0.2, 0.25) is 11.8 Å². The third kappa shape index (κ3) is 7.02. The normalized spacial score (nSPS) is 11.6. The summed E-state index contributed by atoms with van der Waals surface area (Å²) < 4.78 is 0. The van der Waals surface area contributed by atoms with Gasteiger partial charge in [-0.15, -0.1) is 6.58 Å². The first kappa shape index (κ1) is 14.0. The van der Waals surface area contributed by atoms with Gasteiger partial charge in [-0.3, -0.25) is 9.59 Å². The second kappa shape index (κ2) is 8.35. The van der Waals surface area contributed by atoms with Crippen molar-refractivity contribution in [2.45, 2.75) is 19.4 Å². The molecule has 2 N–H and O–H groups in total. The van der Waals surface area contributed by atoms with E-state index in [4.69, 9.17) is 0 Å². The Bertz CT molecular complexity index is 231. The van der Waals surface area contributed by atoms with E-state index < -0.39 is 0 Å². The van der Waals surface area contributed by atoms with E-state index in [2.05, 4.69) is 17.2 Å². The standard InChI is InChI=1S/C10H18N2O2S/c1-4-8(5-2)12-9(13)6-11-10(14)7-15-3/h4,8H,1,5-7H2,2-3H3,(H,11,14)(H,12,13). The lowest BCUT2D eigenvalue weighted by atomic mass is 10.2. The van der Waals surface area contributed by atoms with Crippen LogP contribution < -0.4 is 10.6 Å². The summed E-state index contributed by atoms with van der Waals surface area (Å²) in [5.41, 5.74) is 0. The minimum Gasteiger partial charge on any atom is -0.348 e. The Balaban J connectivity index is 3.74. The zero-order valence-electron chi connectivity index (χ0n) is 9.21. The SMILES string of the molecule is C=CC(CC)NC(=O)CNC(=O)CSC. The molecule has 0 aromatic carbocycles. The largest absolute Gasteiger partial charge is 0.348 e. The molecule has 2 amide bonds. The molecule has 0 saturated carbocycles. The molecule has 5 heteroatoms. The van der Waals surface area contributed by atoms with Gasteiger partial charge in [0.15, 0.2) is 0 Å². The summed E-state index contributed by atoms with van der Waals surface area (Å²) in [5, 5.41) is 5.27. The summed E-state index contributed by atoms with van der Waals surface area (Å²) >= 11 is 1.42. The number of carbonyl (C=O) groups is 2. The molecular weight excluding hydrogens is 212 g/mol. The summed E-state index contributed by atoms with van der Waals surface area (Å²) in [7, 11) is 0. The van der Waals surface area contributed by atoms with Crippen LogP contribution in [0.1, 0.15) is 13.3 Å². The predicted molar refractivity (Wildman–Crippen MR) is 63.8 cm³/mol. The van der Waals surface area contributed by atoms with Crippen molar-refractivity contribution in [1.29, 1.82) is 0 Å². The van der Waals surface area contributed by atoms with Crippen molar-refractivity contribution in [3.05, 3.63) is 12.7 Å². The van der Waals surface area contributed by atoms with E-state index in [0.29, 0.717) is 5.75 Å². The van der Waals surface area contributed by atoms with E-state index >= 15 is 0 Å². The van der Waals surface area contributed by atoms with Crippen molar-refractivity contribution in [3.63, 3.8) is 0 Å². The predicted octanol–water partition coefficient (Wildman–Crippen LogP) is 0.546. The zero-order valence-corrected chi connectivity index (χ0v) is 10.0. The van der Waals surface area contributed by atoms with Crippen molar-refractivity contribution < 1.29 is 9.59 Å². The number of thioether (sulfide) groups is 1. The van der Waals surface area contributed by atoms with Crippen molar-refractivity contribution in [3.8, 4) is 0 Å². The Morgan fingerprint density at radius 1 is 1.47 bits per heavy atom. The van der Waals surface area contributed by atoms with E-state index in [1.807, 2.05) is 13.2 Å². The van der Waals surface area contributed by atoms with Crippen LogP contribution in [0.15, 0.2) is 12.7 Å². The van der Waals surface area contributed by atoms with Crippen LogP contribution in [0.3, 0.4) is 0 Å². The second-order valence-electron chi connectivity index (χ2n) is 3.03. The number of amides is 2. The smallest absolute Gasteiger partial charge is 0.239 e. The highest BCUT2D eigenvalue weighted by Crippen LogP contribution is 1.91. The summed E-state index contributed by atoms with van der Waals surface area (Å²) in [4.78, 5) is 22.3. The molecule has 0 aromatic rings. The molecule has 0 aliphatic heterocycles. The lowest BCUT2D eigenvalue weighted by Crippen LogP contribution is -2.41. The Kier molecular flexibility index (Phi) is 7.81. The van der Waals surface area contributed by atoms with E-state index in [9.17, 15) is 9.59 Å². The van der Waals surface area contributed by atoms with E-state index in [1.54, 1.807) is 6.08 Å². The van der Waals surface area contributed by atoms with Gasteiger partial charge in [-0.2, -0.15) is 11.8 Å². The van der Waals surface area contributed by atoms with Gasteiger partial charge in [-0.05, 0) is 12.7 Å². The molecule has 4 nitrogen and oxygen atoms in total. The van der Waals surface area contributed by atoms with Crippen LogP contribution in [-0.4, -0.2) is 36.4 Å². The average molecular weight is 230 g/mol. The van der Waals surface area contributed by atoms with Gasteiger partial charge in [-0.1, -0.05) is 13.0 Å². The maximum Gasteiger partial charge on any atom is 0.239 e. The monoisotopic (exact) mass is 230 g/mol. The Morgan fingerprint density at radius 3 is 2.60 bits per heavy atom. The summed E-state index contributed by atoms with van der Waals surface area (Å²) in [6.07, 6.45) is 4.32. The number of hydrogen-bond donors (Lipinski definition) is 2. The number of carbonyl (C=O) groups excluding carboxylic acids is 2. The van der Waals surface area contributed by atoms with E-state index in [1.165, 1.54) is 11.8 Å². The lowest BCUT2D eigenvalue weighted by molar-refractivity contribution is -0.125. The van der Waals surface area contributed by atoms with Gasteiger partial charge in [0.05, 0.1) is 12.3 Å². The van der Waals surface area contributed by atoms with Crippen molar-refractivity contribution in [2.24, 2.45) is 0 Å². The van der Waals surface area contributed by atoms with Gasteiger partial charge in [0, 0.05) is 6.04 Å². The summed E-state index contributed by atoms with van der Waals surface area (Å²) in [6, 6.07) is -0.0186. The van der Waals surface area contributed by atoms with Crippen LogP contribution in [0.2, 0.25) is 0 Å². The van der Waals surface area contributed by atoms with E-state index in [-0.39, 0.29) is 24.4 Å². The molecular formula is C10H18N2O2S. The van der Waals surface area contributed by atoms with Crippen LogP contribution in [0.4, 0.5) is 0 Å². The van der Waals surface area contributed by atoms with Crippen molar-refractivity contribution in [2.75, 3.05) is 18.6 Å². The van der Waals surface area contributed by atoms with Crippen molar-refractivity contribution >= 4 is 23.6 Å². The van der Waals surface area contributed by atoms with Crippen molar-refractivity contribution in [1.82, 2.24) is 10.6 Å². The van der Waals surface area contributed by atoms with E-state index in [0.717, 1.165) is 6.42 Å². The minimum absolute atomic E-state index is 0.0186.